The molecule has 0 aliphatic heterocycles. The Morgan fingerprint density at radius 1 is 1.28 bits per heavy atom. The molecular formula is C14H22BrNO2. The second-order valence-corrected chi connectivity index (χ2v) is 5.30. The van der Waals surface area contributed by atoms with Gasteiger partial charge in [-0.2, -0.15) is 0 Å². The van der Waals surface area contributed by atoms with Gasteiger partial charge >= 0.3 is 0 Å². The van der Waals surface area contributed by atoms with Crippen LogP contribution in [0.4, 0.5) is 0 Å². The van der Waals surface area contributed by atoms with Gasteiger partial charge in [0.05, 0.1) is 18.7 Å². The minimum Gasteiger partial charge on any atom is -0.493 e. The van der Waals surface area contributed by atoms with E-state index < -0.39 is 0 Å². The van der Waals surface area contributed by atoms with Crippen LogP contribution in [0.2, 0.25) is 0 Å². The van der Waals surface area contributed by atoms with Crippen molar-refractivity contribution in [3.63, 3.8) is 0 Å². The molecule has 0 aliphatic carbocycles. The van der Waals surface area contributed by atoms with E-state index >= 15 is 0 Å². The predicted octanol–water partition coefficient (Wildman–Crippen LogP) is 3.35. The van der Waals surface area contributed by atoms with Gasteiger partial charge in [-0.15, -0.1) is 0 Å². The molecule has 0 aliphatic rings. The molecule has 0 fully saturated rings. The van der Waals surface area contributed by atoms with Crippen LogP contribution in [0.5, 0.6) is 11.5 Å². The summed E-state index contributed by atoms with van der Waals surface area (Å²) in [6.45, 7) is 5.32. The lowest BCUT2D eigenvalue weighted by Gasteiger charge is -2.20. The highest BCUT2D eigenvalue weighted by molar-refractivity contribution is 9.10. The maximum absolute atomic E-state index is 5.43. The van der Waals surface area contributed by atoms with Crippen LogP contribution in [0.1, 0.15) is 30.9 Å². The first-order chi connectivity index (χ1) is 8.56. The van der Waals surface area contributed by atoms with Crippen LogP contribution in [-0.4, -0.2) is 27.8 Å². The quantitative estimate of drug-likeness (QED) is 0.873. The van der Waals surface area contributed by atoms with Crippen molar-refractivity contribution >= 4 is 15.9 Å². The maximum atomic E-state index is 5.43. The number of methoxy groups -OCH3 is 2. The number of rotatable bonds is 6. The third kappa shape index (κ3) is 3.18. The smallest absolute Gasteiger partial charge is 0.175 e. The van der Waals surface area contributed by atoms with Crippen LogP contribution < -0.4 is 14.8 Å². The highest BCUT2D eigenvalue weighted by Gasteiger charge is 2.19. The molecule has 102 valence electrons. The molecule has 18 heavy (non-hydrogen) atoms. The van der Waals surface area contributed by atoms with Crippen molar-refractivity contribution in [3.05, 3.63) is 21.7 Å². The second kappa shape index (κ2) is 7.00. The summed E-state index contributed by atoms with van der Waals surface area (Å²) in [4.78, 5) is 0. The molecule has 4 heteroatoms. The number of hydrogen-bond acceptors (Lipinski definition) is 3. The fourth-order valence-corrected chi connectivity index (χ4v) is 3.18. The summed E-state index contributed by atoms with van der Waals surface area (Å²) in [5.74, 6) is 1.99. The standard InChI is InChI=1S/C14H22BrNO2/c1-9(2)12-10(6-7-16-3)8-11(17-4)14(18-5)13(12)15/h8-9,16H,6-7H2,1-5H3. The largest absolute Gasteiger partial charge is 0.493 e. The first kappa shape index (κ1) is 15.3. The molecule has 1 aromatic carbocycles. The number of benzene rings is 1. The van der Waals surface area contributed by atoms with Crippen molar-refractivity contribution in [2.45, 2.75) is 26.2 Å². The molecule has 0 atom stereocenters. The van der Waals surface area contributed by atoms with Gasteiger partial charge in [0.15, 0.2) is 11.5 Å². The lowest BCUT2D eigenvalue weighted by molar-refractivity contribution is 0.352. The fraction of sp³-hybridized carbons (Fsp3) is 0.571. The SMILES string of the molecule is CNCCc1cc(OC)c(OC)c(Br)c1C(C)C. The lowest BCUT2D eigenvalue weighted by Crippen LogP contribution is -2.12. The van der Waals surface area contributed by atoms with Gasteiger partial charge in [0.2, 0.25) is 0 Å². The molecule has 0 saturated carbocycles. The molecule has 3 nitrogen and oxygen atoms in total. The molecule has 0 radical (unpaired) electrons. The minimum atomic E-state index is 0.436. The highest BCUT2D eigenvalue weighted by Crippen LogP contribution is 2.42. The Labute approximate surface area is 118 Å². The Hall–Kier alpha value is -0.740. The van der Waals surface area contributed by atoms with Gasteiger partial charge in [-0.1, -0.05) is 13.8 Å². The average molecular weight is 316 g/mol. The van der Waals surface area contributed by atoms with Crippen molar-refractivity contribution in [1.82, 2.24) is 5.32 Å². The molecule has 1 rings (SSSR count). The monoisotopic (exact) mass is 315 g/mol. The summed E-state index contributed by atoms with van der Waals surface area (Å²) in [5.41, 5.74) is 2.59. The van der Waals surface area contributed by atoms with E-state index in [1.54, 1.807) is 14.2 Å². The summed E-state index contributed by atoms with van der Waals surface area (Å²) >= 11 is 3.65. The molecule has 0 spiro atoms. The van der Waals surface area contributed by atoms with Gasteiger partial charge in [0, 0.05) is 0 Å². The van der Waals surface area contributed by atoms with Crippen molar-refractivity contribution < 1.29 is 9.47 Å². The zero-order chi connectivity index (χ0) is 13.7. The van der Waals surface area contributed by atoms with Gasteiger partial charge in [-0.05, 0) is 59.1 Å². The van der Waals surface area contributed by atoms with Crippen LogP contribution in [0.3, 0.4) is 0 Å². The maximum Gasteiger partial charge on any atom is 0.175 e. The van der Waals surface area contributed by atoms with Crippen molar-refractivity contribution in [2.24, 2.45) is 0 Å². The van der Waals surface area contributed by atoms with Crippen LogP contribution in [0.15, 0.2) is 10.5 Å². The molecular weight excluding hydrogens is 294 g/mol. The highest BCUT2D eigenvalue weighted by atomic mass is 79.9. The molecule has 1 aromatic rings. The molecule has 0 unspecified atom stereocenters. The van der Waals surface area contributed by atoms with Gasteiger partial charge in [-0.25, -0.2) is 0 Å². The number of ether oxygens (including phenoxy) is 2. The van der Waals surface area contributed by atoms with Gasteiger partial charge < -0.3 is 14.8 Å². The molecule has 0 bridgehead atoms. The topological polar surface area (TPSA) is 30.5 Å². The van der Waals surface area contributed by atoms with E-state index in [9.17, 15) is 0 Å². The molecule has 0 amide bonds. The van der Waals surface area contributed by atoms with Crippen LogP contribution in [-0.2, 0) is 6.42 Å². The van der Waals surface area contributed by atoms with Crippen LogP contribution in [0, 0.1) is 0 Å². The lowest BCUT2D eigenvalue weighted by atomic mass is 9.94. The Balaban J connectivity index is 3.34. The molecule has 1 N–H and O–H groups in total. The Kier molecular flexibility index (Phi) is 5.96. The van der Waals surface area contributed by atoms with Crippen molar-refractivity contribution in [2.75, 3.05) is 27.8 Å². The van der Waals surface area contributed by atoms with E-state index in [4.69, 9.17) is 9.47 Å². The van der Waals surface area contributed by atoms with Gasteiger partial charge in [0.25, 0.3) is 0 Å². The van der Waals surface area contributed by atoms with Crippen molar-refractivity contribution in [3.8, 4) is 11.5 Å². The summed E-state index contributed by atoms with van der Waals surface area (Å²) in [7, 11) is 5.30. The Morgan fingerprint density at radius 3 is 2.39 bits per heavy atom. The first-order valence-electron chi connectivity index (χ1n) is 6.14. The predicted molar refractivity (Wildman–Crippen MR) is 79.0 cm³/mol. The second-order valence-electron chi connectivity index (χ2n) is 4.51. The number of likely N-dealkylation sites (N-methyl/N-ethyl adjacent to an activating group) is 1. The number of halogens is 1. The zero-order valence-electron chi connectivity index (χ0n) is 11.8. The van der Waals surface area contributed by atoms with E-state index in [0.29, 0.717) is 5.92 Å². The third-order valence-corrected chi connectivity index (χ3v) is 3.74. The fourth-order valence-electron chi connectivity index (χ4n) is 2.11. The van der Waals surface area contributed by atoms with E-state index in [2.05, 4.69) is 41.2 Å². The number of nitrogens with one attached hydrogen (secondary N) is 1. The van der Waals surface area contributed by atoms with Crippen molar-refractivity contribution in [1.29, 1.82) is 0 Å². The normalized spacial score (nSPS) is 10.8. The molecule has 0 aromatic heterocycles. The average Bonchev–Trinajstić information content (AvgIpc) is 2.34. The third-order valence-electron chi connectivity index (χ3n) is 2.96. The molecule has 0 heterocycles. The first-order valence-corrected chi connectivity index (χ1v) is 6.93. The Morgan fingerprint density at radius 2 is 1.94 bits per heavy atom. The van der Waals surface area contributed by atoms with E-state index in [1.807, 2.05) is 7.05 Å². The summed E-state index contributed by atoms with van der Waals surface area (Å²) < 4.78 is 11.8. The van der Waals surface area contributed by atoms with E-state index in [1.165, 1.54) is 11.1 Å². The minimum absolute atomic E-state index is 0.436. The van der Waals surface area contributed by atoms with E-state index in [0.717, 1.165) is 28.9 Å². The summed E-state index contributed by atoms with van der Waals surface area (Å²) in [6.07, 6.45) is 0.975. The Bertz CT molecular complexity index is 405. The van der Waals surface area contributed by atoms with Crippen LogP contribution in [0.25, 0.3) is 0 Å². The van der Waals surface area contributed by atoms with Gasteiger partial charge in [0.1, 0.15) is 0 Å². The molecule has 0 saturated heterocycles. The zero-order valence-corrected chi connectivity index (χ0v) is 13.3. The van der Waals surface area contributed by atoms with E-state index in [-0.39, 0.29) is 0 Å². The summed E-state index contributed by atoms with van der Waals surface area (Å²) in [6, 6.07) is 2.08. The van der Waals surface area contributed by atoms with Gasteiger partial charge in [-0.3, -0.25) is 0 Å². The van der Waals surface area contributed by atoms with Crippen LogP contribution >= 0.6 is 15.9 Å². The number of hydrogen-bond donors (Lipinski definition) is 1. The summed E-state index contributed by atoms with van der Waals surface area (Å²) in [5, 5.41) is 3.18.